The van der Waals surface area contributed by atoms with E-state index in [0.29, 0.717) is 11.3 Å². The van der Waals surface area contributed by atoms with Gasteiger partial charge in [-0.05, 0) is 48.8 Å². The maximum absolute atomic E-state index is 12.2. The Hall–Kier alpha value is -1.63. The summed E-state index contributed by atoms with van der Waals surface area (Å²) in [6, 6.07) is 4.46. The van der Waals surface area contributed by atoms with Gasteiger partial charge in [0.05, 0.1) is 6.42 Å². The van der Waals surface area contributed by atoms with E-state index in [4.69, 9.17) is 4.43 Å². The molecule has 0 aliphatic carbocycles. The van der Waals surface area contributed by atoms with Crippen molar-refractivity contribution in [3.05, 3.63) is 29.3 Å². The van der Waals surface area contributed by atoms with Gasteiger partial charge >= 0.3 is 6.18 Å². The molecule has 24 heavy (non-hydrogen) atoms. The van der Waals surface area contributed by atoms with Gasteiger partial charge in [0, 0.05) is 5.56 Å². The molecule has 0 spiro atoms. The fraction of sp³-hybridized carbons (Fsp3) is 0.529. The summed E-state index contributed by atoms with van der Waals surface area (Å²) in [5.41, 5.74) is 0.734. The van der Waals surface area contributed by atoms with E-state index in [1.807, 2.05) is 0 Å². The molecule has 7 heteroatoms. The van der Waals surface area contributed by atoms with Crippen molar-refractivity contribution in [1.82, 2.24) is 0 Å². The highest BCUT2D eigenvalue weighted by molar-refractivity contribution is 6.74. The lowest BCUT2D eigenvalue weighted by Gasteiger charge is -2.37. The molecule has 0 fully saturated rings. The van der Waals surface area contributed by atoms with Crippen molar-refractivity contribution in [1.29, 1.82) is 0 Å². The smallest absolute Gasteiger partial charge is 0.450 e. The first-order chi connectivity index (χ1) is 10.6. The molecule has 0 bridgehead atoms. The van der Waals surface area contributed by atoms with Crippen LogP contribution < -0.4 is 4.43 Å². The maximum Gasteiger partial charge on any atom is 0.450 e. The van der Waals surface area contributed by atoms with Gasteiger partial charge in [0.25, 0.3) is 0 Å². The van der Waals surface area contributed by atoms with Crippen LogP contribution in [0.3, 0.4) is 0 Å². The monoisotopic (exact) mass is 360 g/mol. The van der Waals surface area contributed by atoms with Crippen LogP contribution in [0, 0.1) is 6.92 Å². The van der Waals surface area contributed by atoms with E-state index < -0.39 is 32.5 Å². The summed E-state index contributed by atoms with van der Waals surface area (Å²) in [7, 11) is -2.06. The van der Waals surface area contributed by atoms with Crippen LogP contribution in [0.15, 0.2) is 18.2 Å². The van der Waals surface area contributed by atoms with Gasteiger partial charge in [0.1, 0.15) is 5.75 Å². The Kier molecular flexibility index (Phi) is 5.70. The number of hydrogen-bond donors (Lipinski definition) is 0. The zero-order chi connectivity index (χ0) is 18.9. The Balaban J connectivity index is 2.97. The topological polar surface area (TPSA) is 43.4 Å². The SMILES string of the molecule is Cc1cc(C(=O)CC(=O)C(F)(F)F)ccc1O[Si](C)(C)C(C)(C)C. The second kappa shape index (κ2) is 6.70. The van der Waals surface area contributed by atoms with Crippen LogP contribution in [0.1, 0.15) is 43.1 Å². The molecule has 0 heterocycles. The van der Waals surface area contributed by atoms with E-state index in [-0.39, 0.29) is 10.6 Å². The third kappa shape index (κ3) is 4.93. The number of aryl methyl sites for hydroxylation is 1. The predicted molar refractivity (Wildman–Crippen MR) is 89.0 cm³/mol. The number of benzene rings is 1. The molecular weight excluding hydrogens is 337 g/mol. The minimum Gasteiger partial charge on any atom is -0.543 e. The van der Waals surface area contributed by atoms with E-state index in [9.17, 15) is 22.8 Å². The summed E-state index contributed by atoms with van der Waals surface area (Å²) >= 11 is 0. The first-order valence-electron chi connectivity index (χ1n) is 7.58. The van der Waals surface area contributed by atoms with E-state index in [2.05, 4.69) is 33.9 Å². The maximum atomic E-state index is 12.2. The second-order valence-corrected chi connectivity index (χ2v) is 12.1. The number of ketones is 2. The molecule has 0 unspecified atom stereocenters. The van der Waals surface area contributed by atoms with Crippen LogP contribution in [0.4, 0.5) is 13.2 Å². The van der Waals surface area contributed by atoms with E-state index in [1.54, 1.807) is 13.0 Å². The second-order valence-electron chi connectivity index (χ2n) is 7.36. The van der Waals surface area contributed by atoms with E-state index in [0.717, 1.165) is 0 Å². The molecule has 0 N–H and O–H groups in total. The van der Waals surface area contributed by atoms with Crippen molar-refractivity contribution in [3.63, 3.8) is 0 Å². The van der Waals surface area contributed by atoms with Gasteiger partial charge in [0.2, 0.25) is 14.1 Å². The number of Topliss-reactive ketones (excluding diaryl/α,β-unsaturated/α-hetero) is 2. The third-order valence-corrected chi connectivity index (χ3v) is 8.65. The van der Waals surface area contributed by atoms with Gasteiger partial charge in [-0.15, -0.1) is 0 Å². The quantitative estimate of drug-likeness (QED) is 0.418. The summed E-state index contributed by atoms with van der Waals surface area (Å²) < 4.78 is 42.9. The predicted octanol–water partition coefficient (Wildman–Crippen LogP) is 5.08. The highest BCUT2D eigenvalue weighted by atomic mass is 28.4. The third-order valence-electron chi connectivity index (χ3n) is 4.31. The van der Waals surface area contributed by atoms with Crippen molar-refractivity contribution in [2.24, 2.45) is 0 Å². The van der Waals surface area contributed by atoms with E-state index in [1.165, 1.54) is 12.1 Å². The number of halogens is 3. The molecule has 1 aromatic carbocycles. The molecule has 134 valence electrons. The van der Waals surface area contributed by atoms with Gasteiger partial charge in [-0.1, -0.05) is 20.8 Å². The Morgan fingerprint density at radius 3 is 2.08 bits per heavy atom. The number of carbonyl (C=O) groups excluding carboxylic acids is 2. The van der Waals surface area contributed by atoms with Gasteiger partial charge in [-0.25, -0.2) is 0 Å². The van der Waals surface area contributed by atoms with Crippen LogP contribution in [-0.4, -0.2) is 26.1 Å². The number of carbonyl (C=O) groups is 2. The molecule has 0 aliphatic rings. The molecule has 0 aliphatic heterocycles. The number of hydrogen-bond acceptors (Lipinski definition) is 3. The molecule has 0 radical (unpaired) electrons. The summed E-state index contributed by atoms with van der Waals surface area (Å²) in [5, 5.41) is -0.00689. The number of rotatable bonds is 5. The zero-order valence-corrected chi connectivity index (χ0v) is 15.8. The van der Waals surface area contributed by atoms with Crippen molar-refractivity contribution in [3.8, 4) is 5.75 Å². The molecule has 3 nitrogen and oxygen atoms in total. The normalized spacial score (nSPS) is 12.9. The van der Waals surface area contributed by atoms with Crippen LogP contribution in [0.2, 0.25) is 18.1 Å². The molecule has 0 saturated carbocycles. The molecule has 0 aromatic heterocycles. The van der Waals surface area contributed by atoms with Gasteiger partial charge < -0.3 is 4.43 Å². The first kappa shape index (κ1) is 20.4. The Labute approximate surface area is 141 Å². The summed E-state index contributed by atoms with van der Waals surface area (Å²) in [6.45, 7) is 12.2. The fourth-order valence-electron chi connectivity index (χ4n) is 1.71. The summed E-state index contributed by atoms with van der Waals surface area (Å²) in [6.07, 6.45) is -6.17. The minimum absolute atomic E-state index is 0.00689. The van der Waals surface area contributed by atoms with Crippen molar-refractivity contribution >= 4 is 19.9 Å². The molecule has 1 rings (SSSR count). The lowest BCUT2D eigenvalue weighted by atomic mass is 10.0. The minimum atomic E-state index is -4.99. The van der Waals surface area contributed by atoms with Crippen molar-refractivity contribution in [2.45, 2.75) is 58.4 Å². The van der Waals surface area contributed by atoms with Crippen LogP contribution in [0.25, 0.3) is 0 Å². The van der Waals surface area contributed by atoms with Crippen LogP contribution >= 0.6 is 0 Å². The average Bonchev–Trinajstić information content (AvgIpc) is 2.38. The molecule has 0 saturated heterocycles. The Morgan fingerprint density at radius 2 is 1.67 bits per heavy atom. The molecule has 0 atom stereocenters. The first-order valence-corrected chi connectivity index (χ1v) is 10.5. The fourth-order valence-corrected chi connectivity index (χ4v) is 2.80. The number of alkyl halides is 3. The highest BCUT2D eigenvalue weighted by Crippen LogP contribution is 2.38. The standard InChI is InChI=1S/C17H23F3O3Si/c1-11-9-12(13(21)10-15(22)17(18,19)20)7-8-14(11)23-24(5,6)16(2,3)4/h7-9H,10H2,1-6H3. The van der Waals surface area contributed by atoms with Gasteiger partial charge in [0.15, 0.2) is 5.78 Å². The van der Waals surface area contributed by atoms with Crippen LogP contribution in [0.5, 0.6) is 5.75 Å². The lowest BCUT2D eigenvalue weighted by molar-refractivity contribution is -0.170. The molecule has 0 amide bonds. The van der Waals surface area contributed by atoms with Gasteiger partial charge in [-0.3, -0.25) is 9.59 Å². The summed E-state index contributed by atoms with van der Waals surface area (Å²) in [5.74, 6) is -2.27. The van der Waals surface area contributed by atoms with E-state index >= 15 is 0 Å². The summed E-state index contributed by atoms with van der Waals surface area (Å²) in [4.78, 5) is 22.8. The zero-order valence-electron chi connectivity index (χ0n) is 14.8. The Bertz CT molecular complexity index is 643. The lowest BCUT2D eigenvalue weighted by Crippen LogP contribution is -2.44. The molecule has 1 aromatic rings. The van der Waals surface area contributed by atoms with Crippen LogP contribution in [-0.2, 0) is 4.79 Å². The molecular formula is C17H23F3O3Si. The largest absolute Gasteiger partial charge is 0.543 e. The van der Waals surface area contributed by atoms with Gasteiger partial charge in [-0.2, -0.15) is 13.2 Å². The average molecular weight is 360 g/mol. The van der Waals surface area contributed by atoms with Crippen molar-refractivity contribution in [2.75, 3.05) is 0 Å². The highest BCUT2D eigenvalue weighted by Gasteiger charge is 2.40. The Morgan fingerprint density at radius 1 is 1.12 bits per heavy atom. The van der Waals surface area contributed by atoms with Crippen molar-refractivity contribution < 1.29 is 27.2 Å².